The van der Waals surface area contributed by atoms with Gasteiger partial charge in [-0.2, -0.15) is 4.31 Å². The predicted octanol–water partition coefficient (Wildman–Crippen LogP) is 3.95. The Morgan fingerprint density at radius 3 is 2.45 bits per heavy atom. The second-order valence-corrected chi connectivity index (χ2v) is 10.9. The molecule has 2 aromatic carbocycles. The van der Waals surface area contributed by atoms with Crippen molar-refractivity contribution in [1.82, 2.24) is 9.21 Å². The minimum absolute atomic E-state index is 0.00150. The summed E-state index contributed by atoms with van der Waals surface area (Å²) in [5, 5.41) is 0.480. The van der Waals surface area contributed by atoms with Crippen LogP contribution in [0.2, 0.25) is 5.02 Å². The molecule has 2 aliphatic rings. The van der Waals surface area contributed by atoms with Crippen molar-refractivity contribution in [1.29, 1.82) is 0 Å². The fraction of sp³-hybridized carbons (Fsp3) is 0.458. The van der Waals surface area contributed by atoms with Gasteiger partial charge in [0.05, 0.1) is 25.0 Å². The van der Waals surface area contributed by atoms with Gasteiger partial charge in [-0.3, -0.25) is 4.79 Å². The summed E-state index contributed by atoms with van der Waals surface area (Å²) in [6.45, 7) is 0.994. The van der Waals surface area contributed by atoms with Crippen molar-refractivity contribution < 1.29 is 22.7 Å². The minimum atomic E-state index is -3.69. The van der Waals surface area contributed by atoms with Crippen LogP contribution in [0.15, 0.2) is 47.4 Å². The lowest BCUT2D eigenvalue weighted by Crippen LogP contribution is -2.47. The minimum Gasteiger partial charge on any atom is -0.497 e. The number of amides is 1. The molecule has 0 aromatic heterocycles. The smallest absolute Gasteiger partial charge is 0.243 e. The van der Waals surface area contributed by atoms with Crippen molar-refractivity contribution in [2.75, 3.05) is 27.3 Å². The van der Waals surface area contributed by atoms with E-state index >= 15 is 0 Å². The van der Waals surface area contributed by atoms with E-state index in [0.29, 0.717) is 42.5 Å². The van der Waals surface area contributed by atoms with Crippen LogP contribution in [-0.4, -0.2) is 56.9 Å². The number of halogens is 1. The van der Waals surface area contributed by atoms with Crippen LogP contribution in [0.5, 0.6) is 11.5 Å². The summed E-state index contributed by atoms with van der Waals surface area (Å²) in [5.41, 5.74) is 0.874. The molecule has 1 atom stereocenters. The molecule has 0 N–H and O–H groups in total. The van der Waals surface area contributed by atoms with Gasteiger partial charge in [-0.05, 0) is 68.1 Å². The third kappa shape index (κ3) is 5.28. The van der Waals surface area contributed by atoms with Gasteiger partial charge in [-0.25, -0.2) is 8.42 Å². The van der Waals surface area contributed by atoms with Gasteiger partial charge in [-0.15, -0.1) is 0 Å². The maximum Gasteiger partial charge on any atom is 0.243 e. The van der Waals surface area contributed by atoms with Crippen LogP contribution >= 0.6 is 11.6 Å². The van der Waals surface area contributed by atoms with E-state index in [2.05, 4.69) is 0 Å². The Hall–Kier alpha value is -2.29. The maximum absolute atomic E-state index is 13.6. The fourth-order valence-electron chi connectivity index (χ4n) is 4.31. The molecule has 1 heterocycles. The summed E-state index contributed by atoms with van der Waals surface area (Å²) >= 11 is 5.91. The number of nitrogens with zero attached hydrogens (tertiary/aromatic N) is 2. The number of hydrogen-bond acceptors (Lipinski definition) is 5. The van der Waals surface area contributed by atoms with Crippen LogP contribution in [-0.2, 0) is 21.4 Å². The molecule has 1 saturated heterocycles. The molecule has 0 spiro atoms. The molecular formula is C24H29ClN2O5S. The molecule has 7 nitrogen and oxygen atoms in total. The molecule has 9 heteroatoms. The predicted molar refractivity (Wildman–Crippen MR) is 126 cm³/mol. The number of carbonyl (C=O) groups excluding carboxylic acids is 1. The van der Waals surface area contributed by atoms with E-state index in [-0.39, 0.29) is 29.3 Å². The lowest BCUT2D eigenvalue weighted by atomic mass is 9.97. The number of rotatable bonds is 8. The van der Waals surface area contributed by atoms with E-state index in [1.165, 1.54) is 16.4 Å². The molecule has 1 amide bonds. The molecule has 2 aromatic rings. The zero-order chi connectivity index (χ0) is 23.6. The Morgan fingerprint density at radius 1 is 1.09 bits per heavy atom. The topological polar surface area (TPSA) is 76.2 Å². The Bertz CT molecular complexity index is 1100. The fourth-order valence-corrected chi connectivity index (χ4v) is 5.96. The number of hydrogen-bond donors (Lipinski definition) is 0. The van der Waals surface area contributed by atoms with Gasteiger partial charge < -0.3 is 14.4 Å². The Morgan fingerprint density at radius 2 is 1.82 bits per heavy atom. The van der Waals surface area contributed by atoms with E-state index in [1.807, 2.05) is 23.1 Å². The van der Waals surface area contributed by atoms with Crippen molar-refractivity contribution in [3.8, 4) is 11.5 Å². The largest absolute Gasteiger partial charge is 0.497 e. The number of piperidine rings is 1. The third-order valence-electron chi connectivity index (χ3n) is 6.28. The van der Waals surface area contributed by atoms with E-state index in [0.717, 1.165) is 18.4 Å². The molecular weight excluding hydrogens is 464 g/mol. The second kappa shape index (κ2) is 9.91. The van der Waals surface area contributed by atoms with Gasteiger partial charge in [-0.1, -0.05) is 11.6 Å². The van der Waals surface area contributed by atoms with E-state index in [9.17, 15) is 13.2 Å². The summed E-state index contributed by atoms with van der Waals surface area (Å²) in [7, 11) is -0.476. The Balaban J connectivity index is 1.53. The van der Waals surface area contributed by atoms with E-state index in [1.54, 1.807) is 26.4 Å². The molecule has 0 radical (unpaired) electrons. The van der Waals surface area contributed by atoms with Crippen LogP contribution < -0.4 is 9.47 Å². The van der Waals surface area contributed by atoms with Gasteiger partial charge in [0.15, 0.2) is 0 Å². The molecule has 1 unspecified atom stereocenters. The summed E-state index contributed by atoms with van der Waals surface area (Å²) in [6, 6.07) is 11.9. The first-order valence-electron chi connectivity index (χ1n) is 11.1. The molecule has 1 aliphatic heterocycles. The molecule has 0 bridgehead atoms. The summed E-state index contributed by atoms with van der Waals surface area (Å²) in [6.07, 6.45) is 3.23. The lowest BCUT2D eigenvalue weighted by Gasteiger charge is -2.34. The van der Waals surface area contributed by atoms with Crippen molar-refractivity contribution in [2.45, 2.75) is 43.2 Å². The second-order valence-electron chi connectivity index (χ2n) is 8.53. The third-order valence-corrected chi connectivity index (χ3v) is 8.42. The summed E-state index contributed by atoms with van der Waals surface area (Å²) < 4.78 is 38.6. The first kappa shape index (κ1) is 23.9. The van der Waals surface area contributed by atoms with E-state index in [4.69, 9.17) is 21.1 Å². The van der Waals surface area contributed by atoms with Crippen LogP contribution in [0.4, 0.5) is 0 Å². The van der Waals surface area contributed by atoms with Crippen molar-refractivity contribution >= 4 is 27.5 Å². The van der Waals surface area contributed by atoms with Crippen molar-refractivity contribution in [2.24, 2.45) is 5.92 Å². The quantitative estimate of drug-likeness (QED) is 0.557. The van der Waals surface area contributed by atoms with Crippen LogP contribution in [0.3, 0.4) is 0 Å². The SMILES string of the molecule is COc1ccc(OC)c(CN(C(=O)C2CCCN(S(=O)(=O)c3ccc(Cl)cc3)C2)C2CC2)c1. The summed E-state index contributed by atoms with van der Waals surface area (Å²) in [5.74, 6) is 1.02. The van der Waals surface area contributed by atoms with Gasteiger partial charge in [0.25, 0.3) is 0 Å². The highest BCUT2D eigenvalue weighted by Crippen LogP contribution is 2.35. The normalized spacial score (nSPS) is 19.2. The van der Waals surface area contributed by atoms with Crippen molar-refractivity contribution in [3.63, 3.8) is 0 Å². The number of carbonyl (C=O) groups is 1. The number of methoxy groups -OCH3 is 2. The number of benzene rings is 2. The van der Waals surface area contributed by atoms with Crippen LogP contribution in [0.1, 0.15) is 31.2 Å². The number of sulfonamides is 1. The standard InChI is InChI=1S/C24H29ClN2O5S/c1-31-21-9-12-23(32-2)18(14-21)16-27(20-7-8-20)24(28)17-4-3-13-26(15-17)33(29,30)22-10-5-19(25)6-11-22/h5-6,9-12,14,17,20H,3-4,7-8,13,15-16H2,1-2H3. The zero-order valence-electron chi connectivity index (χ0n) is 18.9. The van der Waals surface area contributed by atoms with Gasteiger partial charge in [0.2, 0.25) is 15.9 Å². The van der Waals surface area contributed by atoms with Crippen LogP contribution in [0.25, 0.3) is 0 Å². The molecule has 1 aliphatic carbocycles. The first-order valence-corrected chi connectivity index (χ1v) is 12.9. The van der Waals surface area contributed by atoms with Crippen LogP contribution in [0, 0.1) is 5.92 Å². The highest BCUT2D eigenvalue weighted by molar-refractivity contribution is 7.89. The van der Waals surface area contributed by atoms with Gasteiger partial charge in [0.1, 0.15) is 11.5 Å². The summed E-state index contributed by atoms with van der Waals surface area (Å²) in [4.78, 5) is 15.7. The zero-order valence-corrected chi connectivity index (χ0v) is 20.4. The molecule has 178 valence electrons. The van der Waals surface area contributed by atoms with Gasteiger partial charge in [0, 0.05) is 36.3 Å². The van der Waals surface area contributed by atoms with Crippen molar-refractivity contribution in [3.05, 3.63) is 53.1 Å². The first-order chi connectivity index (χ1) is 15.8. The average molecular weight is 493 g/mol. The monoisotopic (exact) mass is 492 g/mol. The molecule has 2 fully saturated rings. The molecule has 33 heavy (non-hydrogen) atoms. The number of ether oxygens (including phenoxy) is 2. The maximum atomic E-state index is 13.6. The van der Waals surface area contributed by atoms with Gasteiger partial charge >= 0.3 is 0 Å². The highest BCUT2D eigenvalue weighted by Gasteiger charge is 2.39. The Labute approximate surface area is 200 Å². The molecule has 1 saturated carbocycles. The average Bonchev–Trinajstić information content (AvgIpc) is 3.67. The Kier molecular flexibility index (Phi) is 7.16. The van der Waals surface area contributed by atoms with E-state index < -0.39 is 10.0 Å². The molecule has 4 rings (SSSR count). The lowest BCUT2D eigenvalue weighted by molar-refractivity contribution is -0.138. The highest BCUT2D eigenvalue weighted by atomic mass is 35.5.